The molecule has 2 heterocycles. The third-order valence-electron chi connectivity index (χ3n) is 2.41. The SMILES string of the molecule is Clc1[nH]ccc1[C@@H]1CCCCN1. The van der Waals surface area contributed by atoms with Crippen molar-refractivity contribution in [1.82, 2.24) is 10.3 Å². The summed E-state index contributed by atoms with van der Waals surface area (Å²) in [5.41, 5.74) is 1.22. The molecule has 3 heteroatoms. The average molecular weight is 185 g/mol. The first kappa shape index (κ1) is 8.14. The zero-order valence-corrected chi connectivity index (χ0v) is 7.69. The first-order valence-corrected chi connectivity index (χ1v) is 4.82. The Labute approximate surface area is 77.3 Å². The number of piperidine rings is 1. The van der Waals surface area contributed by atoms with Gasteiger partial charge in [-0.3, -0.25) is 0 Å². The predicted octanol–water partition coefficient (Wildman–Crippen LogP) is 2.48. The van der Waals surface area contributed by atoms with Gasteiger partial charge in [-0.1, -0.05) is 18.0 Å². The maximum atomic E-state index is 5.98. The van der Waals surface area contributed by atoms with Crippen molar-refractivity contribution >= 4 is 11.6 Å². The molecule has 1 aliphatic heterocycles. The van der Waals surface area contributed by atoms with Crippen LogP contribution in [-0.4, -0.2) is 11.5 Å². The first-order valence-electron chi connectivity index (χ1n) is 4.44. The van der Waals surface area contributed by atoms with Gasteiger partial charge in [-0.25, -0.2) is 0 Å². The minimum atomic E-state index is 0.470. The molecule has 1 atom stereocenters. The van der Waals surface area contributed by atoms with Gasteiger partial charge in [-0.05, 0) is 25.5 Å². The molecule has 1 aliphatic rings. The molecular formula is C9H13ClN2. The van der Waals surface area contributed by atoms with E-state index >= 15 is 0 Å². The standard InChI is InChI=1S/C9H13ClN2/c10-9-7(4-6-12-9)8-3-1-2-5-11-8/h4,6,8,11-12H,1-3,5H2/t8-/m0/s1. The highest BCUT2D eigenvalue weighted by molar-refractivity contribution is 6.30. The first-order chi connectivity index (χ1) is 5.88. The number of hydrogen-bond donors (Lipinski definition) is 2. The summed E-state index contributed by atoms with van der Waals surface area (Å²) < 4.78 is 0. The van der Waals surface area contributed by atoms with Gasteiger partial charge in [0.05, 0.1) is 0 Å². The smallest absolute Gasteiger partial charge is 0.111 e. The zero-order valence-electron chi connectivity index (χ0n) is 6.94. The second-order valence-electron chi connectivity index (χ2n) is 3.25. The lowest BCUT2D eigenvalue weighted by Crippen LogP contribution is -2.26. The topological polar surface area (TPSA) is 27.8 Å². The number of nitrogens with one attached hydrogen (secondary N) is 2. The van der Waals surface area contributed by atoms with Crippen LogP contribution in [0.5, 0.6) is 0 Å². The maximum absolute atomic E-state index is 5.98. The largest absolute Gasteiger partial charge is 0.352 e. The minimum Gasteiger partial charge on any atom is -0.352 e. The molecule has 1 saturated heterocycles. The molecule has 0 aliphatic carbocycles. The van der Waals surface area contributed by atoms with Gasteiger partial charge in [-0.2, -0.15) is 0 Å². The van der Waals surface area contributed by atoms with E-state index in [1.807, 2.05) is 6.20 Å². The Kier molecular flexibility index (Phi) is 2.38. The molecule has 2 nitrogen and oxygen atoms in total. The Balaban J connectivity index is 2.13. The van der Waals surface area contributed by atoms with Gasteiger partial charge >= 0.3 is 0 Å². The lowest BCUT2D eigenvalue weighted by molar-refractivity contribution is 0.413. The normalized spacial score (nSPS) is 24.2. The summed E-state index contributed by atoms with van der Waals surface area (Å²) >= 11 is 5.98. The van der Waals surface area contributed by atoms with Crippen molar-refractivity contribution < 1.29 is 0 Å². The van der Waals surface area contributed by atoms with Crippen molar-refractivity contribution in [3.63, 3.8) is 0 Å². The highest BCUT2D eigenvalue weighted by atomic mass is 35.5. The van der Waals surface area contributed by atoms with Crippen LogP contribution in [0.3, 0.4) is 0 Å². The van der Waals surface area contributed by atoms with Crippen LogP contribution < -0.4 is 5.32 Å². The zero-order chi connectivity index (χ0) is 8.39. The van der Waals surface area contributed by atoms with Gasteiger partial charge in [0.2, 0.25) is 0 Å². The molecule has 0 radical (unpaired) electrons. The molecule has 12 heavy (non-hydrogen) atoms. The third-order valence-corrected chi connectivity index (χ3v) is 2.74. The van der Waals surface area contributed by atoms with Crippen molar-refractivity contribution in [2.75, 3.05) is 6.54 Å². The van der Waals surface area contributed by atoms with Gasteiger partial charge in [0.25, 0.3) is 0 Å². The lowest BCUT2D eigenvalue weighted by atomic mass is 10.00. The van der Waals surface area contributed by atoms with Crippen molar-refractivity contribution in [1.29, 1.82) is 0 Å². The Hall–Kier alpha value is -0.470. The van der Waals surface area contributed by atoms with Crippen LogP contribution in [0, 0.1) is 0 Å². The fourth-order valence-electron chi connectivity index (χ4n) is 1.75. The molecule has 1 aromatic rings. The fourth-order valence-corrected chi connectivity index (χ4v) is 2.01. The van der Waals surface area contributed by atoms with Crippen LogP contribution in [0.2, 0.25) is 5.15 Å². The third kappa shape index (κ3) is 1.50. The van der Waals surface area contributed by atoms with E-state index in [1.54, 1.807) is 0 Å². The average Bonchev–Trinajstić information content (AvgIpc) is 2.53. The van der Waals surface area contributed by atoms with E-state index in [4.69, 9.17) is 11.6 Å². The van der Waals surface area contributed by atoms with Crippen LogP contribution in [0.25, 0.3) is 0 Å². The summed E-state index contributed by atoms with van der Waals surface area (Å²) in [7, 11) is 0. The number of rotatable bonds is 1. The summed E-state index contributed by atoms with van der Waals surface area (Å²) in [6.07, 6.45) is 5.70. The molecular weight excluding hydrogens is 172 g/mol. The molecule has 0 unspecified atom stereocenters. The van der Waals surface area contributed by atoms with Crippen molar-refractivity contribution in [2.24, 2.45) is 0 Å². The van der Waals surface area contributed by atoms with E-state index in [9.17, 15) is 0 Å². The van der Waals surface area contributed by atoms with E-state index in [0.717, 1.165) is 11.7 Å². The number of aromatic nitrogens is 1. The summed E-state index contributed by atoms with van der Waals surface area (Å²) in [6.45, 7) is 1.12. The summed E-state index contributed by atoms with van der Waals surface area (Å²) in [5, 5.41) is 4.24. The molecule has 0 spiro atoms. The van der Waals surface area contributed by atoms with E-state index in [0.29, 0.717) is 6.04 Å². The molecule has 66 valence electrons. The second kappa shape index (κ2) is 3.50. The quantitative estimate of drug-likeness (QED) is 0.690. The molecule has 1 fully saturated rings. The van der Waals surface area contributed by atoms with E-state index in [-0.39, 0.29) is 0 Å². The van der Waals surface area contributed by atoms with E-state index in [2.05, 4.69) is 16.4 Å². The fraction of sp³-hybridized carbons (Fsp3) is 0.556. The molecule has 0 amide bonds. The minimum absolute atomic E-state index is 0.470. The molecule has 2 N–H and O–H groups in total. The second-order valence-corrected chi connectivity index (χ2v) is 3.63. The highest BCUT2D eigenvalue weighted by Crippen LogP contribution is 2.27. The van der Waals surface area contributed by atoms with Crippen molar-refractivity contribution in [3.05, 3.63) is 23.0 Å². The van der Waals surface area contributed by atoms with Crippen LogP contribution in [0.4, 0.5) is 0 Å². The summed E-state index contributed by atoms with van der Waals surface area (Å²) in [4.78, 5) is 2.99. The Bertz CT molecular complexity index is 251. The van der Waals surface area contributed by atoms with Gasteiger partial charge < -0.3 is 10.3 Å². The van der Waals surface area contributed by atoms with Crippen molar-refractivity contribution in [3.8, 4) is 0 Å². The van der Waals surface area contributed by atoms with Crippen LogP contribution in [-0.2, 0) is 0 Å². The lowest BCUT2D eigenvalue weighted by Gasteiger charge is -2.22. The molecule has 0 bridgehead atoms. The van der Waals surface area contributed by atoms with Crippen LogP contribution >= 0.6 is 11.6 Å². The van der Waals surface area contributed by atoms with E-state index in [1.165, 1.54) is 24.8 Å². The van der Waals surface area contributed by atoms with Crippen LogP contribution in [0.15, 0.2) is 12.3 Å². The van der Waals surface area contributed by atoms with Crippen molar-refractivity contribution in [2.45, 2.75) is 25.3 Å². The number of H-pyrrole nitrogens is 1. The number of hydrogen-bond acceptors (Lipinski definition) is 1. The molecule has 2 rings (SSSR count). The molecule has 0 aromatic carbocycles. The number of halogens is 1. The maximum Gasteiger partial charge on any atom is 0.111 e. The Morgan fingerprint density at radius 2 is 2.33 bits per heavy atom. The van der Waals surface area contributed by atoms with Crippen LogP contribution in [0.1, 0.15) is 30.9 Å². The van der Waals surface area contributed by atoms with Gasteiger partial charge in [0, 0.05) is 17.8 Å². The monoisotopic (exact) mass is 184 g/mol. The summed E-state index contributed by atoms with van der Waals surface area (Å²) in [6, 6.07) is 2.53. The van der Waals surface area contributed by atoms with E-state index < -0.39 is 0 Å². The molecule has 1 aromatic heterocycles. The van der Waals surface area contributed by atoms with Gasteiger partial charge in [0.15, 0.2) is 0 Å². The van der Waals surface area contributed by atoms with Gasteiger partial charge in [-0.15, -0.1) is 0 Å². The Morgan fingerprint density at radius 3 is 2.92 bits per heavy atom. The predicted molar refractivity (Wildman–Crippen MR) is 50.4 cm³/mol. The molecule has 0 saturated carbocycles. The summed E-state index contributed by atoms with van der Waals surface area (Å²) in [5.74, 6) is 0. The Morgan fingerprint density at radius 1 is 1.42 bits per heavy atom. The van der Waals surface area contributed by atoms with Gasteiger partial charge in [0.1, 0.15) is 5.15 Å². The number of aromatic amines is 1. The highest BCUT2D eigenvalue weighted by Gasteiger charge is 2.17.